The van der Waals surface area contributed by atoms with Crippen LogP contribution < -0.4 is 10.1 Å². The molecule has 0 spiro atoms. The molecule has 2 aromatic heterocycles. The van der Waals surface area contributed by atoms with Gasteiger partial charge in [-0.25, -0.2) is 14.7 Å². The molecular formula is C33H35FN4O5Si. The molecule has 2 aromatic carbocycles. The lowest BCUT2D eigenvalue weighted by atomic mass is 9.88. The molecule has 228 valence electrons. The van der Waals surface area contributed by atoms with Crippen LogP contribution in [0.3, 0.4) is 0 Å². The van der Waals surface area contributed by atoms with Crippen LogP contribution in [0.15, 0.2) is 67.0 Å². The number of fused-ring (bicyclic) bond motifs is 1. The summed E-state index contributed by atoms with van der Waals surface area (Å²) in [4.78, 5) is 32.2. The van der Waals surface area contributed by atoms with Crippen molar-refractivity contribution in [2.75, 3.05) is 19.9 Å². The van der Waals surface area contributed by atoms with E-state index in [2.05, 4.69) is 41.8 Å². The maximum absolute atomic E-state index is 14.4. The Hall–Kier alpha value is -4.66. The van der Waals surface area contributed by atoms with Crippen LogP contribution in [0.5, 0.6) is 11.6 Å². The number of aromatic hydroxyl groups is 1. The van der Waals surface area contributed by atoms with Crippen LogP contribution in [-0.4, -0.2) is 59.5 Å². The van der Waals surface area contributed by atoms with Gasteiger partial charge in [0.15, 0.2) is 11.4 Å². The molecule has 3 heterocycles. The van der Waals surface area contributed by atoms with E-state index in [1.807, 2.05) is 0 Å². The number of benzene rings is 2. The van der Waals surface area contributed by atoms with Gasteiger partial charge >= 0.3 is 6.03 Å². The Labute approximate surface area is 256 Å². The molecule has 44 heavy (non-hydrogen) atoms. The Morgan fingerprint density at radius 1 is 1.11 bits per heavy atom. The van der Waals surface area contributed by atoms with E-state index in [0.29, 0.717) is 34.4 Å². The number of carbonyl (C=O) groups excluding carboxylic acids is 2. The van der Waals surface area contributed by atoms with Gasteiger partial charge in [0.2, 0.25) is 5.95 Å². The first kappa shape index (κ1) is 30.8. The van der Waals surface area contributed by atoms with Crippen LogP contribution in [0, 0.1) is 17.8 Å². The molecule has 1 saturated heterocycles. The summed E-state index contributed by atoms with van der Waals surface area (Å²) in [5, 5.41) is 15.4. The highest BCUT2D eigenvalue weighted by Crippen LogP contribution is 2.37. The summed E-state index contributed by atoms with van der Waals surface area (Å²) >= 11 is 0. The minimum Gasteiger partial charge on any atom is -0.494 e. The number of aromatic nitrogens is 2. The molecule has 4 aromatic rings. The average molecular weight is 615 g/mol. The van der Waals surface area contributed by atoms with Crippen LogP contribution >= 0.6 is 0 Å². The number of imide groups is 1. The first-order chi connectivity index (χ1) is 21.0. The van der Waals surface area contributed by atoms with Crippen molar-refractivity contribution in [3.05, 3.63) is 78.5 Å². The van der Waals surface area contributed by atoms with Crippen molar-refractivity contribution >= 4 is 30.8 Å². The normalized spacial score (nSPS) is 16.6. The van der Waals surface area contributed by atoms with Crippen molar-refractivity contribution in [3.8, 4) is 34.6 Å². The predicted molar refractivity (Wildman–Crippen MR) is 168 cm³/mol. The second kappa shape index (κ2) is 12.5. The third-order valence-corrected chi connectivity index (χ3v) is 9.27. The molecule has 3 amide bonds. The fourth-order valence-corrected chi connectivity index (χ4v) is 5.85. The molecule has 0 saturated carbocycles. The zero-order chi connectivity index (χ0) is 31.5. The number of nitrogens with zero attached hydrogens (tertiary/aromatic N) is 3. The lowest BCUT2D eigenvalue weighted by Crippen LogP contribution is -2.47. The number of hydrogen-bond donors (Lipinski definition) is 2. The summed E-state index contributed by atoms with van der Waals surface area (Å²) in [6, 6.07) is 15.5. The van der Waals surface area contributed by atoms with Crippen LogP contribution in [-0.2, 0) is 21.6 Å². The lowest BCUT2D eigenvalue weighted by Gasteiger charge is -2.28. The zero-order valence-corrected chi connectivity index (χ0v) is 26.2. The van der Waals surface area contributed by atoms with Crippen molar-refractivity contribution in [2.24, 2.45) is 0 Å². The standard InChI is InChI=1S/C33H35FN4O5Si/c1-5-6-16-43-26-14-11-24-20-37(30(39)28(24)19-26)21-33(25-12-9-23(10-13-25)27-8-7-15-35-29(27)34)31(40)38(32(41)36-33)22-42-17-18-44(2,3)4/h7-15,19-20,39H,16-18,21-22H2,1-4H3,(H,36,41)/t33-/m0/s1. The van der Waals surface area contributed by atoms with Gasteiger partial charge in [-0.2, -0.15) is 4.39 Å². The number of urea groups is 1. The van der Waals surface area contributed by atoms with Gasteiger partial charge in [0, 0.05) is 43.4 Å². The lowest BCUT2D eigenvalue weighted by molar-refractivity contribution is -0.135. The highest BCUT2D eigenvalue weighted by atomic mass is 28.3. The fraction of sp³-hybridized carbons (Fsp3) is 0.303. The summed E-state index contributed by atoms with van der Waals surface area (Å²) in [7, 11) is -1.38. The number of ether oxygens (including phenoxy) is 2. The second-order valence-corrected chi connectivity index (χ2v) is 17.5. The highest BCUT2D eigenvalue weighted by Gasteiger charge is 2.53. The molecule has 9 nitrogen and oxygen atoms in total. The van der Waals surface area contributed by atoms with Gasteiger partial charge < -0.3 is 24.5 Å². The smallest absolute Gasteiger partial charge is 0.327 e. The minimum atomic E-state index is -1.58. The largest absolute Gasteiger partial charge is 0.494 e. The van der Waals surface area contributed by atoms with Gasteiger partial charge in [0.1, 0.15) is 19.1 Å². The molecule has 0 aliphatic carbocycles. The van der Waals surface area contributed by atoms with E-state index in [1.54, 1.807) is 67.7 Å². The number of halogens is 1. The summed E-state index contributed by atoms with van der Waals surface area (Å²) in [5.41, 5.74) is -0.238. The highest BCUT2D eigenvalue weighted by molar-refractivity contribution is 6.76. The van der Waals surface area contributed by atoms with Crippen LogP contribution in [0.4, 0.5) is 9.18 Å². The van der Waals surface area contributed by atoms with Gasteiger partial charge in [0.25, 0.3) is 5.91 Å². The Morgan fingerprint density at radius 2 is 1.89 bits per heavy atom. The fourth-order valence-electron chi connectivity index (χ4n) is 5.09. The average Bonchev–Trinajstić information content (AvgIpc) is 3.43. The zero-order valence-electron chi connectivity index (χ0n) is 25.2. The molecule has 5 rings (SSSR count). The summed E-state index contributed by atoms with van der Waals surface area (Å²) in [6.07, 6.45) is 3.09. The Bertz CT molecular complexity index is 1760. The topological polar surface area (TPSA) is 106 Å². The van der Waals surface area contributed by atoms with Gasteiger partial charge in [0.05, 0.1) is 6.54 Å². The van der Waals surface area contributed by atoms with Gasteiger partial charge in [-0.1, -0.05) is 49.8 Å². The SMILES string of the molecule is CC#CCOc1ccc2cn(C[C@@]3(c4ccc(-c5cccnc5F)cc4)NC(=O)N(COCC[Si](C)(C)C)C3=O)c(O)c2c1. The van der Waals surface area contributed by atoms with Crippen molar-refractivity contribution in [1.82, 2.24) is 19.8 Å². The molecule has 0 bridgehead atoms. The van der Waals surface area contributed by atoms with E-state index in [4.69, 9.17) is 9.47 Å². The van der Waals surface area contributed by atoms with Crippen molar-refractivity contribution in [3.63, 3.8) is 0 Å². The van der Waals surface area contributed by atoms with E-state index in [0.717, 1.165) is 16.3 Å². The summed E-state index contributed by atoms with van der Waals surface area (Å²) in [5.74, 6) is 4.92. The number of amides is 3. The second-order valence-electron chi connectivity index (χ2n) is 11.9. The molecule has 0 radical (unpaired) electrons. The molecule has 1 aliphatic rings. The maximum atomic E-state index is 14.4. The third kappa shape index (κ3) is 6.32. The van der Waals surface area contributed by atoms with Crippen molar-refractivity contribution in [2.45, 2.75) is 44.7 Å². The first-order valence-electron chi connectivity index (χ1n) is 14.3. The molecule has 1 atom stereocenters. The number of carbonyl (C=O) groups is 2. The molecule has 11 heteroatoms. The van der Waals surface area contributed by atoms with Crippen molar-refractivity contribution < 1.29 is 28.6 Å². The van der Waals surface area contributed by atoms with Crippen LogP contribution in [0.25, 0.3) is 21.9 Å². The van der Waals surface area contributed by atoms with E-state index in [9.17, 15) is 19.1 Å². The van der Waals surface area contributed by atoms with E-state index in [-0.39, 0.29) is 25.8 Å². The molecular weight excluding hydrogens is 579 g/mol. The molecule has 1 aliphatic heterocycles. The van der Waals surface area contributed by atoms with Gasteiger partial charge in [-0.3, -0.25) is 4.79 Å². The first-order valence-corrected chi connectivity index (χ1v) is 18.0. The quantitative estimate of drug-likeness (QED) is 0.0737. The number of nitrogens with one attached hydrogen (secondary N) is 1. The molecule has 2 N–H and O–H groups in total. The number of pyridine rings is 1. The minimum absolute atomic E-state index is 0.0904. The number of rotatable bonds is 11. The number of hydrogen-bond acceptors (Lipinski definition) is 6. The Morgan fingerprint density at radius 3 is 2.59 bits per heavy atom. The van der Waals surface area contributed by atoms with Gasteiger partial charge in [-0.05, 0) is 54.4 Å². The summed E-state index contributed by atoms with van der Waals surface area (Å²) < 4.78 is 27.4. The molecule has 1 fully saturated rings. The predicted octanol–water partition coefficient (Wildman–Crippen LogP) is 5.71. The van der Waals surface area contributed by atoms with Crippen LogP contribution in [0.1, 0.15) is 12.5 Å². The van der Waals surface area contributed by atoms with E-state index < -0.39 is 31.5 Å². The molecule has 0 unspecified atom stereocenters. The van der Waals surface area contributed by atoms with Gasteiger partial charge in [-0.15, -0.1) is 5.92 Å². The van der Waals surface area contributed by atoms with Crippen molar-refractivity contribution in [1.29, 1.82) is 0 Å². The maximum Gasteiger partial charge on any atom is 0.327 e. The third-order valence-electron chi connectivity index (χ3n) is 7.57. The monoisotopic (exact) mass is 614 g/mol. The Balaban J connectivity index is 1.50. The van der Waals surface area contributed by atoms with Crippen LogP contribution in [0.2, 0.25) is 25.7 Å². The summed E-state index contributed by atoms with van der Waals surface area (Å²) in [6.45, 7) is 8.72. The van der Waals surface area contributed by atoms with E-state index >= 15 is 0 Å². The Kier molecular flexibility index (Phi) is 8.76. The van der Waals surface area contributed by atoms with E-state index in [1.165, 1.54) is 10.8 Å².